The molecule has 0 radical (unpaired) electrons. The van der Waals surface area contributed by atoms with E-state index in [0.717, 1.165) is 23.3 Å². The van der Waals surface area contributed by atoms with Gasteiger partial charge >= 0.3 is 0 Å². The minimum Gasteiger partial charge on any atom is -0.376 e. The third-order valence-electron chi connectivity index (χ3n) is 5.90. The van der Waals surface area contributed by atoms with E-state index in [1.807, 2.05) is 13.0 Å². The molecule has 0 saturated carbocycles. The summed E-state index contributed by atoms with van der Waals surface area (Å²) in [6.45, 7) is 4.19. The number of imide groups is 1. The number of hydrogen-bond acceptors (Lipinski definition) is 5. The standard InChI is InChI=1S/C25H27N3O5/c1-16-5-3-6-18(13-16)24(31)27(15-21-7-4-12-33-21)22-14-23(30)28(25(22)32)20-10-8-19(9-11-20)26-17(2)29/h3,5-6,8-11,13,21-22H,4,7,12,14-15H2,1-2H3,(H,26,29). The van der Waals surface area contributed by atoms with Gasteiger partial charge in [-0.15, -0.1) is 0 Å². The van der Waals surface area contributed by atoms with E-state index in [-0.39, 0.29) is 36.8 Å². The van der Waals surface area contributed by atoms with Crippen molar-refractivity contribution in [2.24, 2.45) is 0 Å². The summed E-state index contributed by atoms with van der Waals surface area (Å²) in [6.07, 6.45) is 1.46. The van der Waals surface area contributed by atoms with Gasteiger partial charge in [0.2, 0.25) is 11.8 Å². The second kappa shape index (κ2) is 9.54. The van der Waals surface area contributed by atoms with Crippen molar-refractivity contribution in [3.8, 4) is 0 Å². The summed E-state index contributed by atoms with van der Waals surface area (Å²) >= 11 is 0. The molecule has 8 heteroatoms. The van der Waals surface area contributed by atoms with Gasteiger partial charge in [-0.2, -0.15) is 0 Å². The number of benzene rings is 2. The summed E-state index contributed by atoms with van der Waals surface area (Å²) in [4.78, 5) is 53.6. The maximum atomic E-state index is 13.5. The minimum atomic E-state index is -0.898. The van der Waals surface area contributed by atoms with Crippen LogP contribution in [0, 0.1) is 6.92 Å². The molecule has 33 heavy (non-hydrogen) atoms. The Morgan fingerprint density at radius 3 is 2.55 bits per heavy atom. The summed E-state index contributed by atoms with van der Waals surface area (Å²) in [5.41, 5.74) is 2.39. The monoisotopic (exact) mass is 449 g/mol. The molecular formula is C25H27N3O5. The van der Waals surface area contributed by atoms with E-state index in [1.165, 1.54) is 11.8 Å². The van der Waals surface area contributed by atoms with Crippen LogP contribution in [0.15, 0.2) is 48.5 Å². The largest absolute Gasteiger partial charge is 0.376 e. The van der Waals surface area contributed by atoms with Crippen LogP contribution in [0.5, 0.6) is 0 Å². The molecule has 1 N–H and O–H groups in total. The van der Waals surface area contributed by atoms with Gasteiger partial charge in [-0.25, -0.2) is 4.90 Å². The van der Waals surface area contributed by atoms with Crippen LogP contribution in [0.3, 0.4) is 0 Å². The number of hydrogen-bond donors (Lipinski definition) is 1. The van der Waals surface area contributed by atoms with Gasteiger partial charge in [0.25, 0.3) is 11.8 Å². The smallest absolute Gasteiger partial charge is 0.257 e. The van der Waals surface area contributed by atoms with E-state index in [1.54, 1.807) is 42.5 Å². The lowest BCUT2D eigenvalue weighted by Crippen LogP contribution is -2.48. The lowest BCUT2D eigenvalue weighted by Gasteiger charge is -2.30. The Labute approximate surface area is 192 Å². The van der Waals surface area contributed by atoms with Crippen molar-refractivity contribution in [2.45, 2.75) is 45.3 Å². The average Bonchev–Trinajstić information content (AvgIpc) is 3.39. The van der Waals surface area contributed by atoms with Gasteiger partial charge in [0.1, 0.15) is 6.04 Å². The molecule has 0 spiro atoms. The molecule has 0 aliphatic carbocycles. The zero-order valence-electron chi connectivity index (χ0n) is 18.7. The zero-order valence-corrected chi connectivity index (χ0v) is 18.7. The molecule has 2 unspecified atom stereocenters. The average molecular weight is 450 g/mol. The molecular weight excluding hydrogens is 422 g/mol. The first kappa shape index (κ1) is 22.7. The molecule has 2 aliphatic rings. The fourth-order valence-corrected chi connectivity index (χ4v) is 4.33. The van der Waals surface area contributed by atoms with E-state index in [0.29, 0.717) is 23.5 Å². The molecule has 8 nitrogen and oxygen atoms in total. The highest BCUT2D eigenvalue weighted by atomic mass is 16.5. The van der Waals surface area contributed by atoms with Gasteiger partial charge in [0.05, 0.1) is 18.2 Å². The van der Waals surface area contributed by atoms with Gasteiger partial charge in [-0.1, -0.05) is 17.7 Å². The maximum Gasteiger partial charge on any atom is 0.257 e. The second-order valence-electron chi connectivity index (χ2n) is 8.48. The van der Waals surface area contributed by atoms with Crippen LogP contribution in [-0.2, 0) is 19.1 Å². The van der Waals surface area contributed by atoms with Crippen LogP contribution in [0.25, 0.3) is 0 Å². The Balaban J connectivity index is 1.60. The molecule has 2 aromatic carbocycles. The number of ether oxygens (including phenoxy) is 1. The molecule has 4 rings (SSSR count). The number of nitrogens with one attached hydrogen (secondary N) is 1. The van der Waals surface area contributed by atoms with Crippen molar-refractivity contribution >= 4 is 35.0 Å². The van der Waals surface area contributed by atoms with Crippen molar-refractivity contribution in [1.29, 1.82) is 0 Å². The van der Waals surface area contributed by atoms with Crippen molar-refractivity contribution < 1.29 is 23.9 Å². The summed E-state index contributed by atoms with van der Waals surface area (Å²) < 4.78 is 5.73. The first-order valence-electron chi connectivity index (χ1n) is 11.1. The molecule has 0 aromatic heterocycles. The quantitative estimate of drug-likeness (QED) is 0.684. The van der Waals surface area contributed by atoms with Gasteiger partial charge in [-0.3, -0.25) is 19.2 Å². The summed E-state index contributed by atoms with van der Waals surface area (Å²) in [7, 11) is 0. The van der Waals surface area contributed by atoms with E-state index in [2.05, 4.69) is 5.32 Å². The minimum absolute atomic E-state index is 0.0867. The molecule has 0 bridgehead atoms. The Kier molecular flexibility index (Phi) is 6.55. The molecule has 2 atom stereocenters. The number of anilines is 2. The van der Waals surface area contributed by atoms with Gasteiger partial charge in [-0.05, 0) is 56.2 Å². The second-order valence-corrected chi connectivity index (χ2v) is 8.48. The number of carbonyl (C=O) groups is 4. The Morgan fingerprint density at radius 2 is 1.91 bits per heavy atom. The number of carbonyl (C=O) groups excluding carboxylic acids is 4. The summed E-state index contributed by atoms with van der Waals surface area (Å²) in [5, 5.41) is 2.66. The molecule has 2 aromatic rings. The van der Waals surface area contributed by atoms with Crippen molar-refractivity contribution in [3.05, 3.63) is 59.7 Å². The van der Waals surface area contributed by atoms with Crippen molar-refractivity contribution in [2.75, 3.05) is 23.4 Å². The Bertz CT molecular complexity index is 1080. The number of aryl methyl sites for hydroxylation is 1. The van der Waals surface area contributed by atoms with E-state index < -0.39 is 11.9 Å². The third kappa shape index (κ3) is 4.96. The fourth-order valence-electron chi connectivity index (χ4n) is 4.33. The van der Waals surface area contributed by atoms with Crippen molar-refractivity contribution in [3.63, 3.8) is 0 Å². The number of rotatable bonds is 6. The lowest BCUT2D eigenvalue weighted by molar-refractivity contribution is -0.123. The van der Waals surface area contributed by atoms with Gasteiger partial charge in [0, 0.05) is 31.3 Å². The highest BCUT2D eigenvalue weighted by Gasteiger charge is 2.45. The highest BCUT2D eigenvalue weighted by Crippen LogP contribution is 2.29. The van der Waals surface area contributed by atoms with Gasteiger partial charge < -0.3 is 15.0 Å². The number of amides is 4. The third-order valence-corrected chi connectivity index (χ3v) is 5.90. The summed E-state index contributed by atoms with van der Waals surface area (Å²) in [6, 6.07) is 12.8. The number of nitrogens with zero attached hydrogens (tertiary/aromatic N) is 2. The van der Waals surface area contributed by atoms with Crippen LogP contribution in [-0.4, -0.2) is 53.8 Å². The van der Waals surface area contributed by atoms with E-state index in [4.69, 9.17) is 4.74 Å². The van der Waals surface area contributed by atoms with Crippen LogP contribution in [0.4, 0.5) is 11.4 Å². The predicted molar refractivity (Wildman–Crippen MR) is 123 cm³/mol. The molecule has 172 valence electrons. The van der Waals surface area contributed by atoms with Crippen molar-refractivity contribution in [1.82, 2.24) is 4.90 Å². The first-order valence-corrected chi connectivity index (χ1v) is 11.1. The molecule has 2 aliphatic heterocycles. The highest BCUT2D eigenvalue weighted by molar-refractivity contribution is 6.23. The van der Waals surface area contributed by atoms with Crippen LogP contribution in [0.2, 0.25) is 0 Å². The van der Waals surface area contributed by atoms with Crippen LogP contribution >= 0.6 is 0 Å². The molecule has 2 heterocycles. The normalized spacial score (nSPS) is 20.2. The Morgan fingerprint density at radius 1 is 1.15 bits per heavy atom. The van der Waals surface area contributed by atoms with Crippen LogP contribution < -0.4 is 10.2 Å². The SMILES string of the molecule is CC(=O)Nc1ccc(N2C(=O)CC(N(CC3CCCO3)C(=O)c3cccc(C)c3)C2=O)cc1. The first-order chi connectivity index (χ1) is 15.8. The molecule has 4 amide bonds. The summed E-state index contributed by atoms with van der Waals surface area (Å²) in [5.74, 6) is -1.31. The Hall–Kier alpha value is -3.52. The molecule has 2 fully saturated rings. The lowest BCUT2D eigenvalue weighted by atomic mass is 10.1. The topological polar surface area (TPSA) is 96.0 Å². The molecule has 2 saturated heterocycles. The van der Waals surface area contributed by atoms with Gasteiger partial charge in [0.15, 0.2) is 0 Å². The predicted octanol–water partition coefficient (Wildman–Crippen LogP) is 2.91. The fraction of sp³-hybridized carbons (Fsp3) is 0.360. The zero-order chi connectivity index (χ0) is 23.5. The van der Waals surface area contributed by atoms with E-state index >= 15 is 0 Å². The maximum absolute atomic E-state index is 13.5. The van der Waals surface area contributed by atoms with Crippen LogP contribution in [0.1, 0.15) is 42.1 Å². The van der Waals surface area contributed by atoms with E-state index in [9.17, 15) is 19.2 Å².